The summed E-state index contributed by atoms with van der Waals surface area (Å²) in [5, 5.41) is 0.550. The third kappa shape index (κ3) is 3.46. The zero-order chi connectivity index (χ0) is 17.3. The molecule has 2 heterocycles. The molecule has 1 aromatic carbocycles. The number of nitrogen functional groups attached to an aromatic ring is 1. The van der Waals surface area contributed by atoms with Crippen LogP contribution in [-0.4, -0.2) is 36.8 Å². The highest BCUT2D eigenvalue weighted by molar-refractivity contribution is 7.15. The van der Waals surface area contributed by atoms with Crippen LogP contribution in [0.2, 0.25) is 0 Å². The van der Waals surface area contributed by atoms with Gasteiger partial charge in [-0.05, 0) is 39.0 Å². The smallest absolute Gasteiger partial charge is 0.325 e. The van der Waals surface area contributed by atoms with Crippen LogP contribution in [0.25, 0.3) is 11.3 Å². The van der Waals surface area contributed by atoms with Crippen LogP contribution >= 0.6 is 11.3 Å². The van der Waals surface area contributed by atoms with Gasteiger partial charge in [0.1, 0.15) is 18.9 Å². The molecule has 0 unspecified atom stereocenters. The van der Waals surface area contributed by atoms with Gasteiger partial charge in [0.25, 0.3) is 0 Å². The zero-order valence-corrected chi connectivity index (χ0v) is 14.9. The van der Waals surface area contributed by atoms with Crippen LogP contribution in [0.5, 0.6) is 5.75 Å². The molecule has 0 amide bonds. The van der Waals surface area contributed by atoms with Crippen LogP contribution in [0.4, 0.5) is 10.8 Å². The number of carbonyl (C=O) groups excluding carboxylic acids is 1. The Kier molecular flexibility index (Phi) is 4.62. The van der Waals surface area contributed by atoms with Gasteiger partial charge in [0.15, 0.2) is 5.13 Å². The number of carbonyl (C=O) groups is 1. The van der Waals surface area contributed by atoms with Gasteiger partial charge in [0, 0.05) is 10.4 Å². The summed E-state index contributed by atoms with van der Waals surface area (Å²) in [6, 6.07) is 5.88. The van der Waals surface area contributed by atoms with E-state index in [-0.39, 0.29) is 18.6 Å². The van der Waals surface area contributed by atoms with E-state index in [1.165, 1.54) is 11.3 Å². The summed E-state index contributed by atoms with van der Waals surface area (Å²) in [5.41, 5.74) is 8.52. The van der Waals surface area contributed by atoms with Crippen molar-refractivity contribution < 1.29 is 14.3 Å². The van der Waals surface area contributed by atoms with Crippen LogP contribution in [0.3, 0.4) is 0 Å². The molecule has 0 saturated heterocycles. The normalized spacial score (nSPS) is 13.6. The molecule has 24 heavy (non-hydrogen) atoms. The van der Waals surface area contributed by atoms with Gasteiger partial charge >= 0.3 is 5.97 Å². The molecule has 7 heteroatoms. The standard InChI is InChI=1S/C17H21N3O3S/c1-10(2)23-15(21)9-20-6-7-22-14-5-4-12(8-13(14)20)16-11(3)24-17(18)19-16/h4-5,8,10H,6-7,9H2,1-3H3,(H2,18,19). The van der Waals surface area contributed by atoms with Gasteiger partial charge in [-0.1, -0.05) is 0 Å². The van der Waals surface area contributed by atoms with Crippen molar-refractivity contribution in [1.82, 2.24) is 4.98 Å². The Morgan fingerprint density at radius 2 is 2.29 bits per heavy atom. The number of benzene rings is 1. The van der Waals surface area contributed by atoms with E-state index in [0.717, 1.165) is 27.6 Å². The number of anilines is 2. The number of ether oxygens (including phenoxy) is 2. The molecule has 0 bridgehead atoms. The Morgan fingerprint density at radius 3 is 2.96 bits per heavy atom. The monoisotopic (exact) mass is 347 g/mol. The molecule has 0 aliphatic carbocycles. The second-order valence-electron chi connectivity index (χ2n) is 5.95. The second kappa shape index (κ2) is 6.68. The van der Waals surface area contributed by atoms with E-state index >= 15 is 0 Å². The summed E-state index contributed by atoms with van der Waals surface area (Å²) in [6.07, 6.45) is -0.120. The lowest BCUT2D eigenvalue weighted by atomic mass is 10.1. The number of hydrogen-bond donors (Lipinski definition) is 1. The predicted octanol–water partition coefficient (Wildman–Crippen LogP) is 2.85. The maximum Gasteiger partial charge on any atom is 0.325 e. The summed E-state index contributed by atoms with van der Waals surface area (Å²) in [4.78, 5) is 19.5. The SMILES string of the molecule is Cc1sc(N)nc1-c1ccc2c(c1)N(CC(=O)OC(C)C)CCO2. The molecule has 128 valence electrons. The Hall–Kier alpha value is -2.28. The molecule has 6 nitrogen and oxygen atoms in total. The van der Waals surface area contributed by atoms with Crippen molar-refractivity contribution in [2.45, 2.75) is 26.9 Å². The van der Waals surface area contributed by atoms with E-state index in [1.807, 2.05) is 43.9 Å². The Morgan fingerprint density at radius 1 is 1.50 bits per heavy atom. The minimum Gasteiger partial charge on any atom is -0.490 e. The number of aromatic nitrogens is 1. The van der Waals surface area contributed by atoms with E-state index in [0.29, 0.717) is 18.3 Å². The summed E-state index contributed by atoms with van der Waals surface area (Å²) in [6.45, 7) is 7.08. The molecule has 1 aromatic heterocycles. The van der Waals surface area contributed by atoms with Gasteiger partial charge in [0.05, 0.1) is 24.0 Å². The molecule has 0 fully saturated rings. The molecule has 1 aliphatic heterocycles. The number of nitrogens with two attached hydrogens (primary N) is 1. The average molecular weight is 347 g/mol. The highest BCUT2D eigenvalue weighted by Crippen LogP contribution is 2.37. The molecule has 0 spiro atoms. The largest absolute Gasteiger partial charge is 0.490 e. The average Bonchev–Trinajstić information content (AvgIpc) is 2.85. The van der Waals surface area contributed by atoms with Crippen molar-refractivity contribution in [3.8, 4) is 17.0 Å². The Bertz CT molecular complexity index is 758. The lowest BCUT2D eigenvalue weighted by molar-refractivity contribution is -0.145. The van der Waals surface area contributed by atoms with Gasteiger partial charge in [-0.25, -0.2) is 4.98 Å². The van der Waals surface area contributed by atoms with Crippen LogP contribution in [-0.2, 0) is 9.53 Å². The molecule has 0 radical (unpaired) electrons. The third-order valence-electron chi connectivity index (χ3n) is 3.69. The van der Waals surface area contributed by atoms with Crippen LogP contribution in [0.15, 0.2) is 18.2 Å². The zero-order valence-electron chi connectivity index (χ0n) is 14.0. The van der Waals surface area contributed by atoms with E-state index in [4.69, 9.17) is 15.2 Å². The second-order valence-corrected chi connectivity index (χ2v) is 7.18. The molecule has 0 saturated carbocycles. The molecule has 3 rings (SSSR count). The molecular weight excluding hydrogens is 326 g/mol. The van der Waals surface area contributed by atoms with Crippen molar-refractivity contribution in [1.29, 1.82) is 0 Å². The molecule has 1 aliphatic rings. The Labute approximate surface area is 145 Å². The highest BCUT2D eigenvalue weighted by Gasteiger charge is 2.22. The van der Waals surface area contributed by atoms with Crippen molar-refractivity contribution in [2.24, 2.45) is 0 Å². The maximum absolute atomic E-state index is 12.0. The van der Waals surface area contributed by atoms with Crippen molar-refractivity contribution in [2.75, 3.05) is 30.3 Å². The van der Waals surface area contributed by atoms with Crippen molar-refractivity contribution >= 4 is 28.1 Å². The third-order valence-corrected chi connectivity index (χ3v) is 4.49. The number of aryl methyl sites for hydroxylation is 1. The van der Waals surface area contributed by atoms with E-state index < -0.39 is 0 Å². The van der Waals surface area contributed by atoms with E-state index in [9.17, 15) is 4.79 Å². The summed E-state index contributed by atoms with van der Waals surface area (Å²) in [7, 11) is 0. The lowest BCUT2D eigenvalue weighted by Crippen LogP contribution is -2.38. The number of fused-ring (bicyclic) bond motifs is 1. The molecular formula is C17H21N3O3S. The van der Waals surface area contributed by atoms with Crippen molar-refractivity contribution in [3.63, 3.8) is 0 Å². The van der Waals surface area contributed by atoms with E-state index in [2.05, 4.69) is 4.98 Å². The lowest BCUT2D eigenvalue weighted by Gasteiger charge is -2.31. The van der Waals surface area contributed by atoms with Gasteiger partial charge in [-0.3, -0.25) is 4.79 Å². The van der Waals surface area contributed by atoms with Crippen LogP contribution in [0, 0.1) is 6.92 Å². The number of nitrogens with zero attached hydrogens (tertiary/aromatic N) is 2. The Balaban J connectivity index is 1.89. The van der Waals surface area contributed by atoms with Crippen LogP contribution < -0.4 is 15.4 Å². The van der Waals surface area contributed by atoms with Gasteiger partial charge in [0.2, 0.25) is 0 Å². The van der Waals surface area contributed by atoms with Crippen molar-refractivity contribution in [3.05, 3.63) is 23.1 Å². The number of rotatable bonds is 4. The number of hydrogen-bond acceptors (Lipinski definition) is 7. The molecule has 0 atom stereocenters. The molecule has 2 N–H and O–H groups in total. The maximum atomic E-state index is 12.0. The van der Waals surface area contributed by atoms with E-state index in [1.54, 1.807) is 0 Å². The minimum atomic E-state index is -0.239. The first-order valence-corrected chi connectivity index (χ1v) is 8.70. The van der Waals surface area contributed by atoms with Crippen LogP contribution in [0.1, 0.15) is 18.7 Å². The fourth-order valence-electron chi connectivity index (χ4n) is 2.73. The summed E-state index contributed by atoms with van der Waals surface area (Å²) < 4.78 is 11.0. The fourth-order valence-corrected chi connectivity index (χ4v) is 3.44. The first-order chi connectivity index (χ1) is 11.4. The highest BCUT2D eigenvalue weighted by atomic mass is 32.1. The van der Waals surface area contributed by atoms with Gasteiger partial charge in [-0.2, -0.15) is 0 Å². The minimum absolute atomic E-state index is 0.120. The fraction of sp³-hybridized carbons (Fsp3) is 0.412. The summed E-state index contributed by atoms with van der Waals surface area (Å²) in [5.74, 6) is 0.528. The molecule has 2 aromatic rings. The summed E-state index contributed by atoms with van der Waals surface area (Å²) >= 11 is 1.47. The van der Waals surface area contributed by atoms with Gasteiger partial charge in [-0.15, -0.1) is 11.3 Å². The number of esters is 1. The topological polar surface area (TPSA) is 77.7 Å². The first kappa shape index (κ1) is 16.6. The van der Waals surface area contributed by atoms with Gasteiger partial charge < -0.3 is 20.1 Å². The number of thiazole rings is 1. The predicted molar refractivity (Wildman–Crippen MR) is 95.6 cm³/mol. The first-order valence-electron chi connectivity index (χ1n) is 7.88. The quantitative estimate of drug-likeness (QED) is 0.857.